The number of hydrogen-bond donors (Lipinski definition) is 5. The number of aliphatic hydroxyl groups excluding tert-OH is 1. The van der Waals surface area contributed by atoms with Crippen LogP contribution in [0.2, 0.25) is 0 Å². The number of aliphatic hydroxyl groups is 1. The Morgan fingerprint density at radius 2 is 0.725 bits per heavy atom. The molecule has 3 aromatic carbocycles. The van der Waals surface area contributed by atoms with E-state index < -0.39 is 17.3 Å². The van der Waals surface area contributed by atoms with Crippen molar-refractivity contribution < 1.29 is 14.7 Å². The van der Waals surface area contributed by atoms with Crippen LogP contribution in [0.25, 0.3) is 22.3 Å². The summed E-state index contributed by atoms with van der Waals surface area (Å²) in [6, 6.07) is 47.1. The van der Waals surface area contributed by atoms with Gasteiger partial charge in [-0.1, -0.05) is 91.0 Å². The molecule has 0 atom stereocenters. The highest BCUT2D eigenvalue weighted by atomic mass is 16.3. The summed E-state index contributed by atoms with van der Waals surface area (Å²) in [4.78, 5) is 39.9. The summed E-state index contributed by atoms with van der Waals surface area (Å²) < 4.78 is 0. The number of hydrogen-bond acceptors (Lipinski definition) is 3. The van der Waals surface area contributed by atoms with Crippen LogP contribution in [0.1, 0.15) is 39.5 Å². The normalized spacial score (nSPS) is 18.7. The molecule has 9 rings (SSSR count). The van der Waals surface area contributed by atoms with Gasteiger partial charge in [0, 0.05) is 66.5 Å². The standard InChI is InChI=1S/C44H30N4O3/c49-38-24-29(25-39(50)44(38)51)43-36-22-20-34(47-36)41(27-12-6-2-7-13-27)32-18-16-30(45-32)40(26-10-4-1-5-11-26)31-17-19-33(46-31)42(28-14-8-3-9-15-28)35-21-23-37(43)48-35/h1-25,45-49H/b40-30-,40-31?,41-32-,41-34?,42-33?,42-35-,43-36?,43-37-. The lowest BCUT2D eigenvalue weighted by Gasteiger charge is -2.12. The lowest BCUT2D eigenvalue weighted by molar-refractivity contribution is -0.133. The molecule has 5 heterocycles. The van der Waals surface area contributed by atoms with Crippen LogP contribution in [0.5, 0.6) is 0 Å². The molecule has 0 radical (unpaired) electrons. The predicted molar refractivity (Wildman–Crippen MR) is 197 cm³/mol. The number of H-pyrrole nitrogens is 4. The molecule has 0 spiro atoms. The van der Waals surface area contributed by atoms with Crippen molar-refractivity contribution in [2.75, 3.05) is 0 Å². The molecule has 244 valence electrons. The Morgan fingerprint density at radius 3 is 1.10 bits per heavy atom. The van der Waals surface area contributed by atoms with Crippen molar-refractivity contribution in [2.45, 2.75) is 0 Å². The van der Waals surface area contributed by atoms with E-state index in [1.165, 1.54) is 12.2 Å². The molecule has 5 N–H and O–H groups in total. The van der Waals surface area contributed by atoms with E-state index in [1.807, 2.05) is 78.9 Å². The number of allylic oxidation sites excluding steroid dienone is 4. The monoisotopic (exact) mass is 662 g/mol. The molecule has 1 aliphatic heterocycles. The van der Waals surface area contributed by atoms with Gasteiger partial charge in [-0.25, -0.2) is 0 Å². The van der Waals surface area contributed by atoms with Gasteiger partial charge in [0.2, 0.25) is 5.78 Å². The van der Waals surface area contributed by atoms with Gasteiger partial charge in [0.15, 0.2) is 5.76 Å². The topological polar surface area (TPSA) is 118 Å². The Morgan fingerprint density at radius 1 is 0.373 bits per heavy atom. The average molecular weight is 663 g/mol. The van der Waals surface area contributed by atoms with Gasteiger partial charge < -0.3 is 25.0 Å². The minimum Gasteiger partial charge on any atom is -0.504 e. The van der Waals surface area contributed by atoms with E-state index >= 15 is 0 Å². The maximum atomic E-state index is 12.8. The minimum atomic E-state index is -0.928. The fourth-order valence-electron chi connectivity index (χ4n) is 7.12. The molecule has 0 amide bonds. The Kier molecular flexibility index (Phi) is 7.10. The van der Waals surface area contributed by atoms with Crippen molar-refractivity contribution in [2.24, 2.45) is 0 Å². The third-order valence-electron chi connectivity index (χ3n) is 9.41. The molecular formula is C44H30N4O3. The van der Waals surface area contributed by atoms with Crippen LogP contribution in [-0.2, 0) is 9.59 Å². The third kappa shape index (κ3) is 5.25. The molecule has 51 heavy (non-hydrogen) atoms. The highest BCUT2D eigenvalue weighted by Gasteiger charge is 2.25. The van der Waals surface area contributed by atoms with Gasteiger partial charge in [0.25, 0.3) is 5.78 Å². The molecule has 7 aromatic rings. The minimum absolute atomic E-state index is 0.411. The van der Waals surface area contributed by atoms with E-state index in [9.17, 15) is 14.7 Å². The van der Waals surface area contributed by atoms with Crippen LogP contribution in [-0.4, -0.2) is 36.6 Å². The van der Waals surface area contributed by atoms with Crippen LogP contribution in [0.4, 0.5) is 0 Å². The second kappa shape index (κ2) is 12.1. The summed E-state index contributed by atoms with van der Waals surface area (Å²) in [5, 5.41) is 13.9. The van der Waals surface area contributed by atoms with Crippen molar-refractivity contribution in [1.29, 1.82) is 0 Å². The largest absolute Gasteiger partial charge is 0.504 e. The van der Waals surface area contributed by atoms with Crippen molar-refractivity contribution in [3.8, 4) is 0 Å². The van der Waals surface area contributed by atoms with Crippen LogP contribution in [0.3, 0.4) is 0 Å². The molecule has 4 aromatic heterocycles. The Labute approximate surface area is 291 Å². The lowest BCUT2D eigenvalue weighted by Crippen LogP contribution is -2.22. The van der Waals surface area contributed by atoms with Gasteiger partial charge in [0.05, 0.1) is 0 Å². The van der Waals surface area contributed by atoms with Gasteiger partial charge in [-0.05, 0) is 82.9 Å². The summed E-state index contributed by atoms with van der Waals surface area (Å²) >= 11 is 0. The number of carbonyl (C=O) groups is 2. The van der Waals surface area contributed by atoms with E-state index in [-0.39, 0.29) is 0 Å². The second-order valence-corrected chi connectivity index (χ2v) is 12.6. The van der Waals surface area contributed by atoms with Crippen molar-refractivity contribution >= 4 is 33.9 Å². The molecular weight excluding hydrogens is 633 g/mol. The van der Waals surface area contributed by atoms with E-state index in [0.29, 0.717) is 22.2 Å². The smallest absolute Gasteiger partial charge is 0.267 e. The molecule has 0 unspecified atom stereocenters. The van der Waals surface area contributed by atoms with Crippen molar-refractivity contribution in [3.63, 3.8) is 0 Å². The Balaban J connectivity index is 1.44. The third-order valence-corrected chi connectivity index (χ3v) is 9.41. The number of nitrogens with one attached hydrogen (secondary N) is 4. The Hall–Kier alpha value is -7.12. The summed E-state index contributed by atoms with van der Waals surface area (Å²) in [6.07, 6.45) is 2.65. The number of ketones is 2. The van der Waals surface area contributed by atoms with E-state index in [0.717, 1.165) is 66.5 Å². The summed E-state index contributed by atoms with van der Waals surface area (Å²) in [5.41, 5.74) is 10.4. The number of Topliss-reactive ketones (excluding diaryl/α,β-unsaturated/α-hetero) is 1. The molecule has 8 bridgehead atoms. The number of carbonyl (C=O) groups excluding carboxylic acids is 2. The molecule has 7 heteroatoms. The van der Waals surface area contributed by atoms with Gasteiger partial charge in [-0.3, -0.25) is 9.59 Å². The van der Waals surface area contributed by atoms with Crippen LogP contribution >= 0.6 is 0 Å². The first-order valence-corrected chi connectivity index (χ1v) is 16.7. The first kappa shape index (κ1) is 30.0. The van der Waals surface area contributed by atoms with Gasteiger partial charge in [-0.2, -0.15) is 0 Å². The molecule has 0 saturated carbocycles. The molecule has 7 nitrogen and oxygen atoms in total. The van der Waals surface area contributed by atoms with E-state index in [4.69, 9.17) is 0 Å². The summed E-state index contributed by atoms with van der Waals surface area (Å²) in [6.45, 7) is 0. The fourth-order valence-corrected chi connectivity index (χ4v) is 7.12. The molecule has 1 aliphatic carbocycles. The zero-order valence-electron chi connectivity index (χ0n) is 27.2. The fraction of sp³-hybridized carbons (Fsp3) is 0. The number of benzene rings is 3. The number of fused-ring (bicyclic) bond motifs is 8. The van der Waals surface area contributed by atoms with Gasteiger partial charge in [-0.15, -0.1) is 0 Å². The lowest BCUT2D eigenvalue weighted by atomic mass is 9.95. The zero-order valence-corrected chi connectivity index (χ0v) is 27.2. The SMILES string of the molecule is O=C1C=C(/C2=c3\cc/c([nH]3)=C(\c3ccccc3)c3ccc([nH]3)/C(c3ccccc3)=c3/cc/c([nH]3)=C(\c3ccccc3)c3ccc2[nH]3)C=C(O)C1=O. The number of aromatic amines is 4. The summed E-state index contributed by atoms with van der Waals surface area (Å²) in [5.74, 6) is -2.30. The van der Waals surface area contributed by atoms with Gasteiger partial charge in [0.1, 0.15) is 0 Å². The molecule has 0 fully saturated rings. The second-order valence-electron chi connectivity index (χ2n) is 12.6. The van der Waals surface area contributed by atoms with Crippen LogP contribution in [0.15, 0.2) is 163 Å². The van der Waals surface area contributed by atoms with E-state index in [2.05, 4.69) is 80.6 Å². The average Bonchev–Trinajstić information content (AvgIpc) is 4.00. The summed E-state index contributed by atoms with van der Waals surface area (Å²) in [7, 11) is 0. The Bertz CT molecular complexity index is 2830. The maximum absolute atomic E-state index is 12.8. The van der Waals surface area contributed by atoms with Crippen LogP contribution < -0.4 is 21.4 Å². The molecule has 0 saturated heterocycles. The first-order valence-electron chi connectivity index (χ1n) is 16.7. The predicted octanol–water partition coefficient (Wildman–Crippen LogP) is 4.77. The van der Waals surface area contributed by atoms with Crippen molar-refractivity contribution in [3.05, 3.63) is 224 Å². The van der Waals surface area contributed by atoms with Gasteiger partial charge >= 0.3 is 0 Å². The van der Waals surface area contributed by atoms with Crippen LogP contribution in [0, 0.1) is 0 Å². The maximum Gasteiger partial charge on any atom is 0.267 e. The highest BCUT2D eigenvalue weighted by molar-refractivity contribution is 6.48. The molecule has 2 aliphatic rings. The van der Waals surface area contributed by atoms with E-state index in [1.54, 1.807) is 0 Å². The van der Waals surface area contributed by atoms with Crippen molar-refractivity contribution in [1.82, 2.24) is 19.9 Å². The first-order chi connectivity index (χ1) is 25.0. The quantitative estimate of drug-likeness (QED) is 0.138. The number of rotatable bonds is 4. The number of aromatic nitrogens is 4. The highest BCUT2D eigenvalue weighted by Crippen LogP contribution is 2.29. The zero-order chi connectivity index (χ0) is 34.5.